The van der Waals surface area contributed by atoms with Gasteiger partial charge in [0, 0.05) is 35.8 Å². The second-order valence-corrected chi connectivity index (χ2v) is 5.39. The number of rotatable bonds is 5. The Morgan fingerprint density at radius 3 is 2.60 bits per heavy atom. The van der Waals surface area contributed by atoms with E-state index in [4.69, 9.17) is 10.8 Å². The molecule has 3 rings (SSSR count). The minimum absolute atomic E-state index is 0.633. The molecule has 1 aliphatic carbocycles. The molecule has 1 fully saturated rings. The third-order valence-electron chi connectivity index (χ3n) is 4.09. The fourth-order valence-electron chi connectivity index (χ4n) is 2.73. The number of pyridine rings is 1. The van der Waals surface area contributed by atoms with Crippen LogP contribution in [0.15, 0.2) is 24.3 Å². The highest BCUT2D eigenvalue weighted by atomic mass is 15.2. The summed E-state index contributed by atoms with van der Waals surface area (Å²) in [6.45, 7) is 6.34. The molecule has 4 heteroatoms. The van der Waals surface area contributed by atoms with Crippen molar-refractivity contribution in [3.05, 3.63) is 30.0 Å². The lowest BCUT2D eigenvalue weighted by molar-refractivity contribution is 0.867. The first-order chi connectivity index (χ1) is 9.76. The van der Waals surface area contributed by atoms with Gasteiger partial charge in [0.1, 0.15) is 0 Å². The summed E-state index contributed by atoms with van der Waals surface area (Å²) in [5, 5.41) is 1.10. The summed E-state index contributed by atoms with van der Waals surface area (Å²) in [5.41, 5.74) is 7.23. The highest BCUT2D eigenvalue weighted by Crippen LogP contribution is 2.41. The zero-order chi connectivity index (χ0) is 14.1. The lowest BCUT2D eigenvalue weighted by atomic mass is 10.1. The molecule has 0 unspecified atom stereocenters. The van der Waals surface area contributed by atoms with E-state index < -0.39 is 0 Å². The Hall–Kier alpha value is -1.81. The van der Waals surface area contributed by atoms with Crippen LogP contribution in [-0.4, -0.2) is 18.1 Å². The average molecular weight is 270 g/mol. The number of nitrogens with zero attached hydrogens (tertiary/aromatic N) is 2. The molecule has 0 amide bonds. The number of hydrogen-bond donors (Lipinski definition) is 2. The van der Waals surface area contributed by atoms with Crippen molar-refractivity contribution in [1.82, 2.24) is 4.98 Å². The van der Waals surface area contributed by atoms with Gasteiger partial charge in [-0.3, -0.25) is 10.8 Å². The van der Waals surface area contributed by atoms with E-state index in [0.29, 0.717) is 5.92 Å². The molecule has 1 aromatic carbocycles. The molecule has 1 aromatic heterocycles. The molecule has 1 aliphatic rings. The molecule has 0 spiro atoms. The highest BCUT2D eigenvalue weighted by molar-refractivity contribution is 5.93. The Bertz CT molecular complexity index is 615. The van der Waals surface area contributed by atoms with Gasteiger partial charge in [0.25, 0.3) is 0 Å². The van der Waals surface area contributed by atoms with Gasteiger partial charge in [-0.1, -0.05) is 0 Å². The molecule has 3 N–H and O–H groups in total. The van der Waals surface area contributed by atoms with Crippen molar-refractivity contribution in [2.24, 2.45) is 5.84 Å². The molecular formula is C16H22N4. The van der Waals surface area contributed by atoms with Crippen LogP contribution in [0.2, 0.25) is 0 Å². The van der Waals surface area contributed by atoms with Gasteiger partial charge in [-0.15, -0.1) is 0 Å². The van der Waals surface area contributed by atoms with Gasteiger partial charge < -0.3 is 10.3 Å². The zero-order valence-corrected chi connectivity index (χ0v) is 12.2. The van der Waals surface area contributed by atoms with Crippen LogP contribution >= 0.6 is 0 Å². The smallest absolute Gasteiger partial charge is 0.0728 e. The Balaban J connectivity index is 2.10. The number of hydrogen-bond acceptors (Lipinski definition) is 4. The van der Waals surface area contributed by atoms with Gasteiger partial charge >= 0.3 is 0 Å². The van der Waals surface area contributed by atoms with Gasteiger partial charge in [-0.25, -0.2) is 0 Å². The Kier molecular flexibility index (Phi) is 3.49. The molecule has 20 heavy (non-hydrogen) atoms. The summed E-state index contributed by atoms with van der Waals surface area (Å²) in [5.74, 6) is 6.34. The van der Waals surface area contributed by atoms with Crippen molar-refractivity contribution in [3.63, 3.8) is 0 Å². The fraction of sp³-hybridized carbons (Fsp3) is 0.438. The Morgan fingerprint density at radius 1 is 1.25 bits per heavy atom. The summed E-state index contributed by atoms with van der Waals surface area (Å²) >= 11 is 0. The summed E-state index contributed by atoms with van der Waals surface area (Å²) in [7, 11) is 0. The van der Waals surface area contributed by atoms with Crippen LogP contribution in [0.3, 0.4) is 0 Å². The minimum Gasteiger partial charge on any atom is -0.372 e. The van der Waals surface area contributed by atoms with Crippen molar-refractivity contribution in [2.45, 2.75) is 32.6 Å². The number of nitrogens with two attached hydrogens (primary N) is 1. The Morgan fingerprint density at radius 2 is 2.00 bits per heavy atom. The first-order valence-corrected chi connectivity index (χ1v) is 7.43. The lowest BCUT2D eigenvalue weighted by Gasteiger charge is -2.21. The van der Waals surface area contributed by atoms with Crippen molar-refractivity contribution in [3.8, 4) is 0 Å². The number of fused-ring (bicyclic) bond motifs is 1. The molecule has 106 valence electrons. The molecule has 1 heterocycles. The number of nitrogen functional groups attached to an aromatic ring is 1. The summed E-state index contributed by atoms with van der Waals surface area (Å²) < 4.78 is 0. The second-order valence-electron chi connectivity index (χ2n) is 5.39. The van der Waals surface area contributed by atoms with E-state index in [-0.39, 0.29) is 0 Å². The van der Waals surface area contributed by atoms with E-state index >= 15 is 0 Å². The predicted octanol–water partition coefficient (Wildman–Crippen LogP) is 3.24. The predicted molar refractivity (Wildman–Crippen MR) is 85.1 cm³/mol. The maximum Gasteiger partial charge on any atom is 0.0728 e. The summed E-state index contributed by atoms with van der Waals surface area (Å²) in [6, 6.07) is 8.54. The minimum atomic E-state index is 0.633. The summed E-state index contributed by atoms with van der Waals surface area (Å²) in [6.07, 6.45) is 2.50. The SMILES string of the molecule is CCN(CC)c1ccc2nc(C3CC3)cc(NN)c2c1. The van der Waals surface area contributed by atoms with Crippen molar-refractivity contribution in [2.75, 3.05) is 23.4 Å². The average Bonchev–Trinajstić information content (AvgIpc) is 3.32. The molecule has 0 aliphatic heterocycles. The molecule has 4 nitrogen and oxygen atoms in total. The van der Waals surface area contributed by atoms with Gasteiger partial charge in [0.15, 0.2) is 0 Å². The maximum absolute atomic E-state index is 5.71. The first kappa shape index (κ1) is 13.2. The molecule has 0 bridgehead atoms. The van der Waals surface area contributed by atoms with Gasteiger partial charge in [-0.2, -0.15) is 0 Å². The molecular weight excluding hydrogens is 248 g/mol. The molecule has 0 saturated heterocycles. The maximum atomic E-state index is 5.71. The quantitative estimate of drug-likeness (QED) is 0.647. The number of hydrazine groups is 1. The zero-order valence-electron chi connectivity index (χ0n) is 12.2. The number of nitrogens with one attached hydrogen (secondary N) is 1. The van der Waals surface area contributed by atoms with E-state index in [2.05, 4.69) is 48.4 Å². The van der Waals surface area contributed by atoms with E-state index in [1.54, 1.807) is 0 Å². The van der Waals surface area contributed by atoms with Gasteiger partial charge in [-0.05, 0) is 51.0 Å². The van der Waals surface area contributed by atoms with E-state index in [0.717, 1.165) is 29.7 Å². The van der Waals surface area contributed by atoms with Crippen LogP contribution in [0, 0.1) is 0 Å². The molecule has 2 aromatic rings. The monoisotopic (exact) mass is 270 g/mol. The standard InChI is InChI=1S/C16H22N4/c1-3-20(4-2)12-7-8-14-13(9-12)16(19-17)10-15(18-14)11-5-6-11/h7-11H,3-6,17H2,1-2H3,(H,18,19). The van der Waals surface area contributed by atoms with E-state index in [1.165, 1.54) is 24.2 Å². The third kappa shape index (κ3) is 2.31. The van der Waals surface area contributed by atoms with E-state index in [1.807, 2.05) is 0 Å². The van der Waals surface area contributed by atoms with Gasteiger partial charge in [0.2, 0.25) is 0 Å². The highest BCUT2D eigenvalue weighted by Gasteiger charge is 2.26. The van der Waals surface area contributed by atoms with Crippen LogP contribution < -0.4 is 16.2 Å². The third-order valence-corrected chi connectivity index (χ3v) is 4.09. The van der Waals surface area contributed by atoms with Crippen LogP contribution in [0.1, 0.15) is 38.3 Å². The molecule has 1 saturated carbocycles. The normalized spacial score (nSPS) is 14.6. The topological polar surface area (TPSA) is 54.2 Å². The number of benzene rings is 1. The fourth-order valence-corrected chi connectivity index (χ4v) is 2.73. The van der Waals surface area contributed by atoms with E-state index in [9.17, 15) is 0 Å². The van der Waals surface area contributed by atoms with Crippen molar-refractivity contribution < 1.29 is 0 Å². The van der Waals surface area contributed by atoms with Crippen molar-refractivity contribution in [1.29, 1.82) is 0 Å². The molecule has 0 atom stereocenters. The van der Waals surface area contributed by atoms with Crippen LogP contribution in [-0.2, 0) is 0 Å². The largest absolute Gasteiger partial charge is 0.372 e. The van der Waals surface area contributed by atoms with Crippen molar-refractivity contribution >= 4 is 22.3 Å². The second kappa shape index (κ2) is 5.29. The lowest BCUT2D eigenvalue weighted by Crippen LogP contribution is -2.21. The Labute approximate surface area is 120 Å². The first-order valence-electron chi connectivity index (χ1n) is 7.43. The van der Waals surface area contributed by atoms with Crippen LogP contribution in [0.4, 0.5) is 11.4 Å². The molecule has 0 radical (unpaired) electrons. The number of aromatic nitrogens is 1. The van der Waals surface area contributed by atoms with Gasteiger partial charge in [0.05, 0.1) is 11.2 Å². The summed E-state index contributed by atoms with van der Waals surface area (Å²) in [4.78, 5) is 7.11. The van der Waals surface area contributed by atoms with Crippen LogP contribution in [0.5, 0.6) is 0 Å². The number of anilines is 2. The van der Waals surface area contributed by atoms with Crippen LogP contribution in [0.25, 0.3) is 10.9 Å².